The Morgan fingerprint density at radius 2 is 1.08 bits per heavy atom. The van der Waals surface area contributed by atoms with Gasteiger partial charge in [0, 0.05) is 12.1 Å². The van der Waals surface area contributed by atoms with Gasteiger partial charge in [-0.3, -0.25) is 0 Å². The van der Waals surface area contributed by atoms with E-state index in [4.69, 9.17) is 11.5 Å². The fraction of sp³-hybridized carbons (Fsp3) is 0.667. The van der Waals surface area contributed by atoms with Gasteiger partial charge in [-0.25, -0.2) is 0 Å². The number of carboxylic acids is 2. The molecule has 0 fully saturated rings. The van der Waals surface area contributed by atoms with E-state index in [1.165, 1.54) is 13.8 Å². The maximum Gasteiger partial charge on any atom is 2.00 e. The minimum Gasteiger partial charge on any atom is -0.548 e. The molecule has 7 heteroatoms. The Morgan fingerprint density at radius 3 is 1.08 bits per heavy atom. The predicted molar refractivity (Wildman–Crippen MR) is 43.1 cm³/mol. The van der Waals surface area contributed by atoms with E-state index in [9.17, 15) is 19.8 Å². The van der Waals surface area contributed by atoms with Crippen LogP contribution in [0.5, 0.6) is 0 Å². The van der Waals surface area contributed by atoms with Crippen LogP contribution in [0, 0.1) is 0 Å². The maximum absolute atomic E-state index is 9.46. The van der Waals surface area contributed by atoms with Crippen LogP contribution in [0.2, 0.25) is 0 Å². The number of carboxylic acid groups (broad SMARTS) is 2. The van der Waals surface area contributed by atoms with Crippen molar-refractivity contribution in [2.75, 3.05) is 0 Å². The zero-order valence-electron chi connectivity index (χ0n) is 7.44. The summed E-state index contributed by atoms with van der Waals surface area (Å²) in [6.07, 6.45) is 0. The van der Waals surface area contributed by atoms with Gasteiger partial charge in [0.05, 0.1) is 11.9 Å². The third-order valence-electron chi connectivity index (χ3n) is 0.744. The van der Waals surface area contributed by atoms with Gasteiger partial charge in [-0.2, -0.15) is 0 Å². The second-order valence-corrected chi connectivity index (χ2v) is 2.22. The molecule has 0 aliphatic rings. The summed E-state index contributed by atoms with van der Waals surface area (Å²) in [6.45, 7) is 2.71. The van der Waals surface area contributed by atoms with Gasteiger partial charge in [0.2, 0.25) is 0 Å². The van der Waals surface area contributed by atoms with Crippen LogP contribution in [0.4, 0.5) is 0 Å². The van der Waals surface area contributed by atoms with Crippen LogP contribution in [0.3, 0.4) is 0 Å². The Morgan fingerprint density at radius 1 is 1.00 bits per heavy atom. The molecule has 0 aliphatic heterocycles. The molecule has 0 unspecified atom stereocenters. The van der Waals surface area contributed by atoms with Crippen LogP contribution in [-0.2, 0) is 9.59 Å². The number of aliphatic carboxylic acids is 2. The van der Waals surface area contributed by atoms with E-state index in [1.807, 2.05) is 0 Å². The second kappa shape index (κ2) is 9.87. The van der Waals surface area contributed by atoms with Crippen molar-refractivity contribution >= 4 is 39.2 Å². The molecular weight excluding hydrogens is 371 g/mol. The number of rotatable bonds is 2. The van der Waals surface area contributed by atoms with Crippen molar-refractivity contribution in [2.45, 2.75) is 25.9 Å². The summed E-state index contributed by atoms with van der Waals surface area (Å²) in [4.78, 5) is 18.9. The molecule has 0 rings (SSSR count). The van der Waals surface area contributed by atoms with Crippen LogP contribution < -0.4 is 21.7 Å². The number of carbonyl (C=O) groups excluding carboxylic acids is 2. The Bertz CT molecular complexity index is 143. The van der Waals surface area contributed by atoms with Crippen molar-refractivity contribution in [2.24, 2.45) is 11.5 Å². The molecule has 4 N–H and O–H groups in total. The largest absolute Gasteiger partial charge is 2.00 e. The van der Waals surface area contributed by atoms with Crippen molar-refractivity contribution in [3.63, 3.8) is 0 Å². The van der Waals surface area contributed by atoms with Gasteiger partial charge < -0.3 is 31.3 Å². The first-order valence-electron chi connectivity index (χ1n) is 3.22. The SMILES string of the molecule is C[C@H](N)C(=O)[O-].C[C@H](N)C(=O)[O-].[Pb+2]. The fourth-order valence-electron chi connectivity index (χ4n) is 0. The summed E-state index contributed by atoms with van der Waals surface area (Å²) in [7, 11) is 0. The van der Waals surface area contributed by atoms with Gasteiger partial charge in [0.15, 0.2) is 0 Å². The molecule has 0 bridgehead atoms. The zero-order chi connectivity index (χ0) is 10.3. The number of hydrogen-bond acceptors (Lipinski definition) is 6. The summed E-state index contributed by atoms with van der Waals surface area (Å²) in [5.74, 6) is -2.43. The Balaban J connectivity index is -0.000000143. The molecule has 2 atom stereocenters. The minimum absolute atomic E-state index is 0. The Kier molecular flexibility index (Phi) is 14.1. The summed E-state index contributed by atoms with van der Waals surface area (Å²) in [5.41, 5.74) is 9.55. The smallest absolute Gasteiger partial charge is 0.548 e. The van der Waals surface area contributed by atoms with Gasteiger partial charge >= 0.3 is 27.3 Å². The number of hydrogen-bond donors (Lipinski definition) is 2. The van der Waals surface area contributed by atoms with E-state index < -0.39 is 24.0 Å². The molecule has 0 aromatic heterocycles. The Hall–Kier alpha value is -0.218. The topological polar surface area (TPSA) is 132 Å². The van der Waals surface area contributed by atoms with Crippen molar-refractivity contribution in [3.8, 4) is 0 Å². The van der Waals surface area contributed by atoms with E-state index >= 15 is 0 Å². The normalized spacial score (nSPS) is 12.6. The zero-order valence-corrected chi connectivity index (χ0v) is 11.3. The predicted octanol–water partition coefficient (Wildman–Crippen LogP) is -4.21. The number of nitrogens with two attached hydrogens (primary N) is 2. The average Bonchev–Trinajstić information content (AvgIpc) is 1.88. The van der Waals surface area contributed by atoms with Gasteiger partial charge in [-0.15, -0.1) is 0 Å². The molecule has 74 valence electrons. The second-order valence-electron chi connectivity index (χ2n) is 2.22. The molecule has 0 amide bonds. The molecule has 0 aliphatic carbocycles. The number of carbonyl (C=O) groups is 2. The summed E-state index contributed by atoms with van der Waals surface area (Å²) < 4.78 is 0. The molecule has 0 saturated carbocycles. The monoisotopic (exact) mass is 384 g/mol. The van der Waals surface area contributed by atoms with Gasteiger partial charge in [0.25, 0.3) is 0 Å². The first-order chi connectivity index (χ1) is 5.29. The molecular formula is C6H12N2O4Pb. The standard InChI is InChI=1S/2C3H7NO2.Pb/c2*1-2(4)3(5)6;/h2*2H,4H2,1H3,(H,5,6);/q;;+2/p-2/t2*2-;/m00./s1. The van der Waals surface area contributed by atoms with Crippen LogP contribution in [0.25, 0.3) is 0 Å². The molecule has 6 nitrogen and oxygen atoms in total. The third kappa shape index (κ3) is 18.6. The van der Waals surface area contributed by atoms with Gasteiger partial charge in [-0.1, -0.05) is 0 Å². The molecule has 13 heavy (non-hydrogen) atoms. The van der Waals surface area contributed by atoms with Crippen LogP contribution >= 0.6 is 0 Å². The first kappa shape index (κ1) is 18.5. The van der Waals surface area contributed by atoms with Crippen LogP contribution in [-0.4, -0.2) is 51.3 Å². The van der Waals surface area contributed by atoms with Crippen molar-refractivity contribution in [1.82, 2.24) is 0 Å². The first-order valence-corrected chi connectivity index (χ1v) is 3.22. The van der Waals surface area contributed by atoms with Gasteiger partial charge in [0.1, 0.15) is 0 Å². The molecule has 0 aromatic rings. The summed E-state index contributed by atoms with van der Waals surface area (Å²) in [5, 5.41) is 18.9. The summed E-state index contributed by atoms with van der Waals surface area (Å²) in [6, 6.07) is -1.69. The fourth-order valence-corrected chi connectivity index (χ4v) is 0. The molecule has 0 aromatic carbocycles. The van der Waals surface area contributed by atoms with Crippen LogP contribution in [0.1, 0.15) is 13.8 Å². The van der Waals surface area contributed by atoms with E-state index in [-0.39, 0.29) is 27.3 Å². The van der Waals surface area contributed by atoms with E-state index in [1.54, 1.807) is 0 Å². The van der Waals surface area contributed by atoms with E-state index in [2.05, 4.69) is 0 Å². The van der Waals surface area contributed by atoms with E-state index in [0.29, 0.717) is 0 Å². The Labute approximate surface area is 96.4 Å². The van der Waals surface area contributed by atoms with E-state index in [0.717, 1.165) is 0 Å². The van der Waals surface area contributed by atoms with Crippen molar-refractivity contribution < 1.29 is 19.8 Å². The molecule has 0 saturated heterocycles. The molecule has 0 heterocycles. The summed E-state index contributed by atoms with van der Waals surface area (Å²) >= 11 is 0. The molecule has 0 spiro atoms. The maximum atomic E-state index is 9.46. The van der Waals surface area contributed by atoms with Gasteiger partial charge in [-0.05, 0) is 13.8 Å². The third-order valence-corrected chi connectivity index (χ3v) is 0.744. The van der Waals surface area contributed by atoms with Crippen LogP contribution in [0.15, 0.2) is 0 Å². The molecule has 2 radical (unpaired) electrons. The quantitative estimate of drug-likeness (QED) is 0.465. The van der Waals surface area contributed by atoms with Crippen molar-refractivity contribution in [1.29, 1.82) is 0 Å². The minimum atomic E-state index is -1.21. The average molecular weight is 383 g/mol. The van der Waals surface area contributed by atoms with Crippen molar-refractivity contribution in [3.05, 3.63) is 0 Å².